The van der Waals surface area contributed by atoms with E-state index in [0.717, 1.165) is 18.2 Å². The number of carboxylic acid groups (broad SMARTS) is 1. The van der Waals surface area contributed by atoms with Gasteiger partial charge in [-0.05, 0) is 18.2 Å². The molecular formula is C10H13NO6S. The van der Waals surface area contributed by atoms with Gasteiger partial charge in [0.05, 0.1) is 11.5 Å². The maximum atomic E-state index is 11.8. The minimum atomic E-state index is -3.81. The first-order chi connectivity index (χ1) is 8.38. The van der Waals surface area contributed by atoms with Crippen LogP contribution < -0.4 is 4.72 Å². The Balaban J connectivity index is 3.02. The zero-order valence-electron chi connectivity index (χ0n) is 9.58. The van der Waals surface area contributed by atoms with Crippen LogP contribution in [-0.2, 0) is 14.8 Å². The molecule has 0 aliphatic heterocycles. The number of benzene rings is 1. The lowest BCUT2D eigenvalue weighted by atomic mass is 10.2. The Kier molecular flexibility index (Phi) is 4.65. The predicted octanol–water partition coefficient (Wildman–Crippen LogP) is 0.0151. The first kappa shape index (κ1) is 14.4. The molecule has 0 saturated carbocycles. The van der Waals surface area contributed by atoms with Gasteiger partial charge in [-0.2, -0.15) is 0 Å². The highest BCUT2D eigenvalue weighted by atomic mass is 32.2. The summed E-state index contributed by atoms with van der Waals surface area (Å²) in [4.78, 5) is 10.5. The van der Waals surface area contributed by atoms with E-state index in [0.29, 0.717) is 0 Å². The number of aromatic carboxylic acids is 1. The van der Waals surface area contributed by atoms with Gasteiger partial charge in [0.25, 0.3) is 0 Å². The van der Waals surface area contributed by atoms with Crippen molar-refractivity contribution in [1.82, 2.24) is 4.72 Å². The van der Waals surface area contributed by atoms with Gasteiger partial charge in [0.15, 0.2) is 0 Å². The molecule has 8 heteroatoms. The van der Waals surface area contributed by atoms with Gasteiger partial charge in [0.1, 0.15) is 11.3 Å². The minimum absolute atomic E-state index is 0.0715. The highest BCUT2D eigenvalue weighted by Gasteiger charge is 2.18. The fraction of sp³-hybridized carbons (Fsp3) is 0.300. The summed E-state index contributed by atoms with van der Waals surface area (Å²) >= 11 is 0. The van der Waals surface area contributed by atoms with Crippen LogP contribution in [0.5, 0.6) is 5.75 Å². The number of aromatic hydroxyl groups is 1. The van der Waals surface area contributed by atoms with E-state index in [1.807, 2.05) is 0 Å². The van der Waals surface area contributed by atoms with E-state index in [2.05, 4.69) is 4.72 Å². The second-order valence-corrected chi connectivity index (χ2v) is 5.14. The fourth-order valence-electron chi connectivity index (χ4n) is 1.22. The highest BCUT2D eigenvalue weighted by Crippen LogP contribution is 2.21. The van der Waals surface area contributed by atoms with E-state index in [9.17, 15) is 18.3 Å². The third kappa shape index (κ3) is 3.42. The monoisotopic (exact) mass is 275 g/mol. The van der Waals surface area contributed by atoms with E-state index >= 15 is 0 Å². The lowest BCUT2D eigenvalue weighted by Gasteiger charge is -2.07. The highest BCUT2D eigenvalue weighted by molar-refractivity contribution is 7.89. The number of ether oxygens (including phenoxy) is 1. The van der Waals surface area contributed by atoms with Gasteiger partial charge in [0, 0.05) is 13.7 Å². The zero-order chi connectivity index (χ0) is 13.8. The molecule has 0 unspecified atom stereocenters. The number of hydrogen-bond acceptors (Lipinski definition) is 5. The predicted molar refractivity (Wildman–Crippen MR) is 62.1 cm³/mol. The number of methoxy groups -OCH3 is 1. The summed E-state index contributed by atoms with van der Waals surface area (Å²) in [7, 11) is -2.38. The third-order valence-corrected chi connectivity index (χ3v) is 3.57. The summed E-state index contributed by atoms with van der Waals surface area (Å²) in [5, 5.41) is 18.0. The number of sulfonamides is 1. The number of nitrogens with one attached hydrogen (secondary N) is 1. The molecule has 0 aliphatic carbocycles. The Morgan fingerprint density at radius 1 is 1.44 bits per heavy atom. The SMILES string of the molecule is COCCNS(=O)(=O)c1ccc(O)c(C(=O)O)c1. The molecule has 0 fully saturated rings. The molecule has 0 aliphatic rings. The topological polar surface area (TPSA) is 113 Å². The van der Waals surface area contributed by atoms with Crippen molar-refractivity contribution < 1.29 is 28.2 Å². The van der Waals surface area contributed by atoms with Gasteiger partial charge in [-0.25, -0.2) is 17.9 Å². The molecule has 18 heavy (non-hydrogen) atoms. The molecule has 0 atom stereocenters. The van der Waals surface area contributed by atoms with Crippen molar-refractivity contribution in [2.75, 3.05) is 20.3 Å². The van der Waals surface area contributed by atoms with Crippen molar-refractivity contribution in [2.45, 2.75) is 4.90 Å². The number of carboxylic acids is 1. The molecule has 0 amide bonds. The quantitative estimate of drug-likeness (QED) is 0.631. The normalized spacial score (nSPS) is 11.4. The smallest absolute Gasteiger partial charge is 0.339 e. The molecule has 0 radical (unpaired) electrons. The number of carbonyl (C=O) groups is 1. The Labute approximate surface area is 104 Å². The molecule has 1 aromatic carbocycles. The van der Waals surface area contributed by atoms with Crippen LogP contribution in [0.4, 0.5) is 0 Å². The number of phenols is 1. The van der Waals surface area contributed by atoms with Crippen LogP contribution in [-0.4, -0.2) is 44.9 Å². The van der Waals surface area contributed by atoms with E-state index < -0.39 is 27.3 Å². The summed E-state index contributed by atoms with van der Waals surface area (Å²) in [5.41, 5.74) is -0.468. The van der Waals surface area contributed by atoms with Crippen molar-refractivity contribution in [3.8, 4) is 5.75 Å². The maximum absolute atomic E-state index is 11.8. The first-order valence-electron chi connectivity index (χ1n) is 4.93. The van der Waals surface area contributed by atoms with Crippen LogP contribution in [0.25, 0.3) is 0 Å². The van der Waals surface area contributed by atoms with Gasteiger partial charge in [-0.15, -0.1) is 0 Å². The molecule has 0 heterocycles. The van der Waals surface area contributed by atoms with E-state index in [1.54, 1.807) is 0 Å². The van der Waals surface area contributed by atoms with E-state index in [-0.39, 0.29) is 18.0 Å². The Bertz CT molecular complexity index is 539. The van der Waals surface area contributed by atoms with Crippen molar-refractivity contribution in [1.29, 1.82) is 0 Å². The summed E-state index contributed by atoms with van der Waals surface area (Å²) < 4.78 is 30.4. The van der Waals surface area contributed by atoms with Crippen molar-refractivity contribution >= 4 is 16.0 Å². The summed E-state index contributed by atoms with van der Waals surface area (Å²) in [6.45, 7) is 0.269. The average Bonchev–Trinajstić information content (AvgIpc) is 2.29. The van der Waals surface area contributed by atoms with Crippen LogP contribution in [0.3, 0.4) is 0 Å². The molecule has 0 bridgehead atoms. The van der Waals surface area contributed by atoms with Crippen LogP contribution in [0.15, 0.2) is 23.1 Å². The van der Waals surface area contributed by atoms with Crippen molar-refractivity contribution in [2.24, 2.45) is 0 Å². The molecule has 1 rings (SSSR count). The molecule has 7 nitrogen and oxygen atoms in total. The standard InChI is InChI=1S/C10H13NO6S/c1-17-5-4-11-18(15,16)7-2-3-9(12)8(6-7)10(13)14/h2-3,6,11-12H,4-5H2,1H3,(H,13,14). The number of hydrogen-bond donors (Lipinski definition) is 3. The molecule has 0 aromatic heterocycles. The summed E-state index contributed by atoms with van der Waals surface area (Å²) in [5.74, 6) is -1.89. The van der Waals surface area contributed by atoms with Crippen LogP contribution in [0.1, 0.15) is 10.4 Å². The lowest BCUT2D eigenvalue weighted by molar-refractivity contribution is 0.0693. The van der Waals surface area contributed by atoms with Crippen molar-refractivity contribution in [3.63, 3.8) is 0 Å². The lowest BCUT2D eigenvalue weighted by Crippen LogP contribution is -2.27. The third-order valence-electron chi connectivity index (χ3n) is 2.11. The minimum Gasteiger partial charge on any atom is -0.507 e. The molecule has 0 spiro atoms. The van der Waals surface area contributed by atoms with Crippen molar-refractivity contribution in [3.05, 3.63) is 23.8 Å². The van der Waals surface area contributed by atoms with Crippen LogP contribution >= 0.6 is 0 Å². The summed E-state index contributed by atoms with van der Waals surface area (Å²) in [6, 6.07) is 3.04. The van der Waals surface area contributed by atoms with Crippen LogP contribution in [0, 0.1) is 0 Å². The largest absolute Gasteiger partial charge is 0.507 e. The molecule has 1 aromatic rings. The molecule has 3 N–H and O–H groups in total. The zero-order valence-corrected chi connectivity index (χ0v) is 10.4. The maximum Gasteiger partial charge on any atom is 0.339 e. The van der Waals surface area contributed by atoms with E-state index in [4.69, 9.17) is 9.84 Å². The fourth-order valence-corrected chi connectivity index (χ4v) is 2.25. The van der Waals surface area contributed by atoms with Gasteiger partial charge in [-0.1, -0.05) is 0 Å². The Morgan fingerprint density at radius 3 is 2.67 bits per heavy atom. The number of rotatable bonds is 6. The molecule has 0 saturated heterocycles. The summed E-state index contributed by atoms with van der Waals surface area (Å²) in [6.07, 6.45) is 0. The van der Waals surface area contributed by atoms with Gasteiger partial charge in [0.2, 0.25) is 10.0 Å². The second-order valence-electron chi connectivity index (χ2n) is 3.37. The molecular weight excluding hydrogens is 262 g/mol. The first-order valence-corrected chi connectivity index (χ1v) is 6.41. The molecule has 100 valence electrons. The van der Waals surface area contributed by atoms with E-state index in [1.165, 1.54) is 7.11 Å². The van der Waals surface area contributed by atoms with Gasteiger partial charge >= 0.3 is 5.97 Å². The Hall–Kier alpha value is -1.64. The van der Waals surface area contributed by atoms with Gasteiger partial charge in [-0.3, -0.25) is 0 Å². The Morgan fingerprint density at radius 2 is 2.11 bits per heavy atom. The second kappa shape index (κ2) is 5.80. The average molecular weight is 275 g/mol. The van der Waals surface area contributed by atoms with Crippen LogP contribution in [0.2, 0.25) is 0 Å². The van der Waals surface area contributed by atoms with Gasteiger partial charge < -0.3 is 14.9 Å².